The Morgan fingerprint density at radius 1 is 1.09 bits per heavy atom. The van der Waals surface area contributed by atoms with Crippen LogP contribution in [0.5, 0.6) is 0 Å². The molecule has 7 heterocycles. The SMILES string of the molecule is Nc1nc2c(ncn2[C@@H]2O[C@@]3(CO)CO[C@H]3[C@H]2OP(=O)(O)OC2[C@H]3O[C@@H](n4cnc5c(=O)[nH]cnc54)[C@H](O)[C@@]23O)c(=O)[nH]1. The van der Waals surface area contributed by atoms with Crippen molar-refractivity contribution in [3.63, 3.8) is 0 Å². The lowest BCUT2D eigenvalue weighted by atomic mass is 9.91. The molecule has 4 aliphatic rings. The number of hydrogen-bond donors (Lipinski definition) is 7. The summed E-state index contributed by atoms with van der Waals surface area (Å²) in [4.78, 5) is 55.8. The monoisotopic (exact) mass is 623 g/mol. The zero-order chi connectivity index (χ0) is 30.1. The number of aromatic amines is 2. The van der Waals surface area contributed by atoms with Crippen LogP contribution in [0.1, 0.15) is 12.5 Å². The maximum atomic E-state index is 13.3. The first kappa shape index (κ1) is 27.0. The van der Waals surface area contributed by atoms with E-state index < -0.39 is 79.7 Å². The fraction of sp³-hybridized carbons (Fsp3) is 0.524. The Balaban J connectivity index is 1.04. The van der Waals surface area contributed by atoms with Crippen LogP contribution in [-0.4, -0.2) is 114 Å². The number of phosphoric acid groups is 1. The Morgan fingerprint density at radius 3 is 2.47 bits per heavy atom. The lowest BCUT2D eigenvalue weighted by Gasteiger charge is -2.42. The average molecular weight is 623 g/mol. The number of anilines is 1. The topological polar surface area (TPSA) is 297 Å². The molecule has 3 aliphatic heterocycles. The number of aliphatic hydroxyl groups excluding tert-OH is 2. The third-order valence-corrected chi connectivity index (χ3v) is 9.20. The van der Waals surface area contributed by atoms with Gasteiger partial charge in [0, 0.05) is 0 Å². The number of aromatic nitrogens is 8. The summed E-state index contributed by atoms with van der Waals surface area (Å²) in [6, 6.07) is 0. The van der Waals surface area contributed by atoms with E-state index in [1.54, 1.807) is 0 Å². The molecule has 8 rings (SSSR count). The molecule has 228 valence electrons. The van der Waals surface area contributed by atoms with E-state index in [0.29, 0.717) is 0 Å². The fourth-order valence-electron chi connectivity index (χ4n) is 5.97. The second kappa shape index (κ2) is 8.72. The highest BCUT2D eigenvalue weighted by Crippen LogP contribution is 2.63. The quantitative estimate of drug-likeness (QED) is 0.0977. The Kier molecular flexibility index (Phi) is 5.47. The summed E-state index contributed by atoms with van der Waals surface area (Å²) in [6.45, 7) is -0.609. The molecule has 10 atom stereocenters. The van der Waals surface area contributed by atoms with Gasteiger partial charge in [-0.2, -0.15) is 4.98 Å². The summed E-state index contributed by atoms with van der Waals surface area (Å²) >= 11 is 0. The largest absolute Gasteiger partial charge is 0.473 e. The van der Waals surface area contributed by atoms with E-state index in [1.165, 1.54) is 21.8 Å². The molecule has 22 heteroatoms. The number of imidazole rings is 2. The third-order valence-electron chi connectivity index (χ3n) is 8.20. The van der Waals surface area contributed by atoms with Gasteiger partial charge in [-0.1, -0.05) is 0 Å². The van der Waals surface area contributed by atoms with Gasteiger partial charge in [-0.15, -0.1) is 0 Å². The van der Waals surface area contributed by atoms with Crippen LogP contribution in [0.4, 0.5) is 5.95 Å². The number of fused-ring (bicyclic) bond motifs is 4. The Morgan fingerprint density at radius 2 is 1.81 bits per heavy atom. The summed E-state index contributed by atoms with van der Waals surface area (Å²) in [6.07, 6.45) is -5.93. The molecule has 0 radical (unpaired) electrons. The van der Waals surface area contributed by atoms with Crippen molar-refractivity contribution in [2.75, 3.05) is 18.9 Å². The number of nitrogens with zero attached hydrogens (tertiary/aromatic N) is 6. The van der Waals surface area contributed by atoms with Crippen LogP contribution in [0, 0.1) is 0 Å². The number of phosphoric ester groups is 1. The molecule has 0 aromatic carbocycles. The molecule has 3 saturated heterocycles. The van der Waals surface area contributed by atoms with Gasteiger partial charge in [0.2, 0.25) is 5.95 Å². The van der Waals surface area contributed by atoms with Crippen molar-refractivity contribution in [3.8, 4) is 0 Å². The van der Waals surface area contributed by atoms with Crippen LogP contribution < -0.4 is 16.9 Å². The predicted molar refractivity (Wildman–Crippen MR) is 135 cm³/mol. The minimum atomic E-state index is -5.09. The van der Waals surface area contributed by atoms with Gasteiger partial charge >= 0.3 is 7.82 Å². The summed E-state index contributed by atoms with van der Waals surface area (Å²) in [7, 11) is -5.09. The number of nitrogen functional groups attached to an aromatic ring is 1. The van der Waals surface area contributed by atoms with Crippen LogP contribution >= 0.6 is 7.82 Å². The number of hydrogen-bond acceptors (Lipinski definition) is 16. The minimum absolute atomic E-state index is 0.0226. The van der Waals surface area contributed by atoms with E-state index in [-0.39, 0.29) is 34.9 Å². The highest BCUT2D eigenvalue weighted by Gasteiger charge is 2.79. The number of ether oxygens (including phenoxy) is 3. The molecule has 0 spiro atoms. The molecule has 8 N–H and O–H groups in total. The summed E-state index contributed by atoms with van der Waals surface area (Å²) in [5.41, 5.74) is 1.01. The van der Waals surface area contributed by atoms with Crippen molar-refractivity contribution in [1.29, 1.82) is 0 Å². The molecule has 1 saturated carbocycles. The first-order valence-electron chi connectivity index (χ1n) is 12.8. The van der Waals surface area contributed by atoms with Gasteiger partial charge in [0.05, 0.1) is 32.2 Å². The highest BCUT2D eigenvalue weighted by atomic mass is 31.2. The summed E-state index contributed by atoms with van der Waals surface area (Å²) < 4.78 is 43.8. The Hall–Kier alpha value is -3.63. The molecule has 21 nitrogen and oxygen atoms in total. The normalized spacial score (nSPS) is 37.7. The molecule has 4 fully saturated rings. The second-order valence-corrected chi connectivity index (χ2v) is 12.0. The molecule has 1 aliphatic carbocycles. The highest BCUT2D eigenvalue weighted by molar-refractivity contribution is 7.47. The number of nitrogens with two attached hydrogens (primary N) is 1. The van der Waals surface area contributed by atoms with Crippen molar-refractivity contribution >= 4 is 36.1 Å². The van der Waals surface area contributed by atoms with Crippen molar-refractivity contribution in [2.24, 2.45) is 0 Å². The average Bonchev–Trinajstić information content (AvgIpc) is 3.41. The lowest BCUT2D eigenvalue weighted by molar-refractivity contribution is -0.245. The molecular formula is C21H22N9O12P. The van der Waals surface area contributed by atoms with Gasteiger partial charge in [0.15, 0.2) is 40.4 Å². The predicted octanol–water partition coefficient (Wildman–Crippen LogP) is -3.63. The van der Waals surface area contributed by atoms with Gasteiger partial charge in [-0.3, -0.25) is 32.8 Å². The van der Waals surface area contributed by atoms with Crippen LogP contribution in [0.3, 0.4) is 0 Å². The standard InChI is InChI=1S/C21H22N9O12P/c22-19-27-14-7(16(34)28-19)26-5-30(14)17-8(10-20(1-31,40-17)2-38-10)41-43(36,37)42-12-11-21(12,35)9(32)18(39-11)29-4-25-6-13(29)23-3-24-15(6)33/h3-5,8-12,17-18,31-32,35H,1-2H2,(H,36,37)(H,23,24,33)(H3,22,27,28,34)/t8-,9+,10+,11-,12?,17-,18-,20+,21+/m1/s1. The maximum Gasteiger partial charge on any atom is 0.473 e. The number of nitrogens with one attached hydrogen (secondary N) is 2. The third kappa shape index (κ3) is 3.62. The first-order valence-corrected chi connectivity index (χ1v) is 14.3. The number of rotatable bonds is 7. The van der Waals surface area contributed by atoms with Crippen LogP contribution in [0.15, 0.2) is 28.6 Å². The Bertz CT molecular complexity index is 1960. The van der Waals surface area contributed by atoms with E-state index in [4.69, 9.17) is 29.0 Å². The first-order chi connectivity index (χ1) is 20.5. The molecule has 4 aromatic rings. The second-order valence-electron chi connectivity index (χ2n) is 10.6. The van der Waals surface area contributed by atoms with Gasteiger partial charge in [-0.25, -0.2) is 19.5 Å². The molecule has 43 heavy (non-hydrogen) atoms. The van der Waals surface area contributed by atoms with Gasteiger partial charge < -0.3 is 45.1 Å². The van der Waals surface area contributed by atoms with Crippen molar-refractivity contribution in [2.45, 2.75) is 54.2 Å². The number of aliphatic hydroxyl groups is 3. The van der Waals surface area contributed by atoms with E-state index >= 15 is 0 Å². The van der Waals surface area contributed by atoms with E-state index in [9.17, 15) is 34.4 Å². The summed E-state index contributed by atoms with van der Waals surface area (Å²) in [5, 5.41) is 32.1. The molecule has 0 amide bonds. The molecule has 2 unspecified atom stereocenters. The number of H-pyrrole nitrogens is 2. The van der Waals surface area contributed by atoms with Gasteiger partial charge in [0.25, 0.3) is 11.1 Å². The minimum Gasteiger partial charge on any atom is -0.393 e. The lowest BCUT2D eigenvalue weighted by Crippen LogP contribution is -2.61. The van der Waals surface area contributed by atoms with Gasteiger partial charge in [0.1, 0.15) is 36.1 Å². The van der Waals surface area contributed by atoms with Crippen LogP contribution in [-0.2, 0) is 27.8 Å². The van der Waals surface area contributed by atoms with Crippen LogP contribution in [0.25, 0.3) is 22.3 Å². The maximum absolute atomic E-state index is 13.3. The smallest absolute Gasteiger partial charge is 0.393 e. The van der Waals surface area contributed by atoms with E-state index in [0.717, 1.165) is 6.33 Å². The van der Waals surface area contributed by atoms with Gasteiger partial charge in [-0.05, 0) is 0 Å². The van der Waals surface area contributed by atoms with Crippen molar-refractivity contribution < 1.29 is 48.0 Å². The molecule has 4 aromatic heterocycles. The molecule has 0 bridgehead atoms. The zero-order valence-electron chi connectivity index (χ0n) is 21.5. The van der Waals surface area contributed by atoms with E-state index in [1.807, 2.05) is 0 Å². The fourth-order valence-corrected chi connectivity index (χ4v) is 7.11. The van der Waals surface area contributed by atoms with Crippen molar-refractivity contribution in [3.05, 3.63) is 39.7 Å². The molecular weight excluding hydrogens is 601 g/mol. The summed E-state index contributed by atoms with van der Waals surface area (Å²) in [5.74, 6) is -0.223. The zero-order valence-corrected chi connectivity index (χ0v) is 22.3. The van der Waals surface area contributed by atoms with E-state index in [2.05, 4.69) is 29.9 Å². The Labute approximate surface area is 236 Å². The van der Waals surface area contributed by atoms with Crippen molar-refractivity contribution in [1.82, 2.24) is 39.0 Å². The van der Waals surface area contributed by atoms with Crippen LogP contribution in [0.2, 0.25) is 0 Å².